The Balaban J connectivity index is 1.83. The molecule has 0 aromatic heterocycles. The van der Waals surface area contributed by atoms with Crippen molar-refractivity contribution in [3.8, 4) is 0 Å². The van der Waals surface area contributed by atoms with Crippen LogP contribution in [0, 0.1) is 0 Å². The third-order valence-electron chi connectivity index (χ3n) is 4.27. The summed E-state index contributed by atoms with van der Waals surface area (Å²) in [5.41, 5.74) is -0.592. The minimum atomic E-state index is -2.99. The van der Waals surface area contributed by atoms with Crippen LogP contribution in [-0.2, 0) is 14.6 Å². The van der Waals surface area contributed by atoms with Gasteiger partial charge in [-0.15, -0.1) is 0 Å². The second-order valence-electron chi connectivity index (χ2n) is 6.35. The van der Waals surface area contributed by atoms with Crippen LogP contribution in [-0.4, -0.2) is 69.0 Å². The molecule has 2 heterocycles. The molecule has 0 aromatic rings. The van der Waals surface area contributed by atoms with E-state index in [1.54, 1.807) is 0 Å². The fraction of sp³-hybridized carbons (Fsp3) is 0.923. The van der Waals surface area contributed by atoms with Gasteiger partial charge < -0.3 is 10.6 Å². The smallest absolute Gasteiger partial charge is 0.234 e. The maximum atomic E-state index is 12.1. The summed E-state index contributed by atoms with van der Waals surface area (Å²) in [6.45, 7) is 4.14. The predicted molar refractivity (Wildman–Crippen MR) is 78.3 cm³/mol. The summed E-state index contributed by atoms with van der Waals surface area (Å²) >= 11 is 0. The van der Waals surface area contributed by atoms with E-state index in [1.165, 1.54) is 0 Å². The maximum absolute atomic E-state index is 12.1. The molecule has 0 aliphatic carbocycles. The largest absolute Gasteiger partial charge is 0.349 e. The van der Waals surface area contributed by atoms with E-state index < -0.39 is 15.4 Å². The van der Waals surface area contributed by atoms with Gasteiger partial charge in [-0.2, -0.15) is 0 Å². The molecule has 116 valence electrons. The number of piperidine rings is 1. The molecule has 7 heteroatoms. The molecule has 20 heavy (non-hydrogen) atoms. The lowest BCUT2D eigenvalue weighted by molar-refractivity contribution is -0.124. The van der Waals surface area contributed by atoms with Crippen LogP contribution < -0.4 is 10.6 Å². The fourth-order valence-electron chi connectivity index (χ4n) is 3.09. The molecule has 1 unspecified atom stereocenters. The van der Waals surface area contributed by atoms with Crippen molar-refractivity contribution in [1.29, 1.82) is 0 Å². The van der Waals surface area contributed by atoms with Gasteiger partial charge in [-0.3, -0.25) is 9.69 Å². The Bertz CT molecular complexity index is 459. The zero-order chi connectivity index (χ0) is 14.8. The van der Waals surface area contributed by atoms with Gasteiger partial charge >= 0.3 is 0 Å². The normalized spacial score (nSPS) is 30.6. The standard InChI is InChI=1S/C13H25N3O3S/c1-13(5-8-20(18,19)10-13)15-12(17)9-16(2)11-3-6-14-7-4-11/h11,14H,3-10H2,1-2H3,(H,15,17). The zero-order valence-electron chi connectivity index (χ0n) is 12.3. The van der Waals surface area contributed by atoms with Crippen molar-refractivity contribution in [3.63, 3.8) is 0 Å². The van der Waals surface area contributed by atoms with E-state index in [9.17, 15) is 13.2 Å². The Morgan fingerprint density at radius 3 is 2.60 bits per heavy atom. The van der Waals surface area contributed by atoms with Crippen LogP contribution in [0.25, 0.3) is 0 Å². The van der Waals surface area contributed by atoms with Crippen molar-refractivity contribution in [1.82, 2.24) is 15.5 Å². The highest BCUT2D eigenvalue weighted by Crippen LogP contribution is 2.22. The molecule has 0 bridgehead atoms. The molecule has 2 aliphatic rings. The van der Waals surface area contributed by atoms with Gasteiger partial charge in [-0.25, -0.2) is 8.42 Å². The van der Waals surface area contributed by atoms with Crippen LogP contribution in [0.4, 0.5) is 0 Å². The lowest BCUT2D eigenvalue weighted by Crippen LogP contribution is -2.52. The first-order valence-electron chi connectivity index (χ1n) is 7.22. The molecular weight excluding hydrogens is 278 g/mol. The van der Waals surface area contributed by atoms with Gasteiger partial charge in [0.25, 0.3) is 0 Å². The molecule has 2 N–H and O–H groups in total. The monoisotopic (exact) mass is 303 g/mol. The van der Waals surface area contributed by atoms with E-state index >= 15 is 0 Å². The number of nitrogens with zero attached hydrogens (tertiary/aromatic N) is 1. The second-order valence-corrected chi connectivity index (χ2v) is 8.53. The summed E-state index contributed by atoms with van der Waals surface area (Å²) in [7, 11) is -1.02. The van der Waals surface area contributed by atoms with Crippen molar-refractivity contribution in [3.05, 3.63) is 0 Å². The first kappa shape index (κ1) is 15.7. The molecular formula is C13H25N3O3S. The Morgan fingerprint density at radius 1 is 1.40 bits per heavy atom. The summed E-state index contributed by atoms with van der Waals surface area (Å²) in [5.74, 6) is 0.155. The van der Waals surface area contributed by atoms with E-state index in [2.05, 4.69) is 15.5 Å². The topological polar surface area (TPSA) is 78.5 Å². The van der Waals surface area contributed by atoms with E-state index in [0.717, 1.165) is 25.9 Å². The Hall–Kier alpha value is -0.660. The third kappa shape index (κ3) is 4.17. The highest BCUT2D eigenvalue weighted by atomic mass is 32.2. The molecule has 2 fully saturated rings. The molecule has 0 radical (unpaired) electrons. The molecule has 1 atom stereocenters. The lowest BCUT2D eigenvalue weighted by Gasteiger charge is -2.32. The number of amides is 1. The van der Waals surface area contributed by atoms with Gasteiger partial charge in [0.15, 0.2) is 9.84 Å². The fourth-order valence-corrected chi connectivity index (χ4v) is 5.18. The van der Waals surface area contributed by atoms with Gasteiger partial charge in [-0.1, -0.05) is 0 Å². The Morgan fingerprint density at radius 2 is 2.05 bits per heavy atom. The van der Waals surface area contributed by atoms with Crippen molar-refractivity contribution in [2.45, 2.75) is 37.8 Å². The summed E-state index contributed by atoms with van der Waals surface area (Å²) in [6, 6.07) is 0.433. The molecule has 2 saturated heterocycles. The van der Waals surface area contributed by atoms with Crippen LogP contribution in [0.5, 0.6) is 0 Å². The maximum Gasteiger partial charge on any atom is 0.234 e. The number of carbonyl (C=O) groups excluding carboxylic acids is 1. The summed E-state index contributed by atoms with van der Waals surface area (Å²) in [4.78, 5) is 14.2. The number of nitrogens with one attached hydrogen (secondary N) is 2. The molecule has 2 aliphatic heterocycles. The van der Waals surface area contributed by atoms with Gasteiger partial charge in [0.1, 0.15) is 0 Å². The Labute approximate surface area is 121 Å². The molecule has 0 aromatic carbocycles. The van der Waals surface area contributed by atoms with E-state index in [-0.39, 0.29) is 17.4 Å². The summed E-state index contributed by atoms with van der Waals surface area (Å²) in [6.07, 6.45) is 2.61. The average molecular weight is 303 g/mol. The van der Waals surface area contributed by atoms with Crippen LogP contribution in [0.3, 0.4) is 0 Å². The van der Waals surface area contributed by atoms with Gasteiger partial charge in [0.05, 0.1) is 23.6 Å². The van der Waals surface area contributed by atoms with Gasteiger partial charge in [0.2, 0.25) is 5.91 Å². The number of hydrogen-bond acceptors (Lipinski definition) is 5. The molecule has 0 saturated carbocycles. The number of carbonyl (C=O) groups is 1. The Kier molecular flexibility index (Phi) is 4.71. The quantitative estimate of drug-likeness (QED) is 0.722. The number of sulfone groups is 1. The summed E-state index contributed by atoms with van der Waals surface area (Å²) in [5, 5.41) is 6.21. The van der Waals surface area contributed by atoms with Crippen molar-refractivity contribution < 1.29 is 13.2 Å². The lowest BCUT2D eigenvalue weighted by atomic mass is 10.0. The second kappa shape index (κ2) is 5.99. The highest BCUT2D eigenvalue weighted by molar-refractivity contribution is 7.91. The first-order chi connectivity index (χ1) is 9.30. The van der Waals surface area contributed by atoms with Gasteiger partial charge in [0, 0.05) is 6.04 Å². The first-order valence-corrected chi connectivity index (χ1v) is 9.04. The van der Waals surface area contributed by atoms with E-state index in [1.807, 2.05) is 14.0 Å². The van der Waals surface area contributed by atoms with Gasteiger partial charge in [-0.05, 0) is 46.3 Å². The van der Waals surface area contributed by atoms with Crippen LogP contribution in [0.15, 0.2) is 0 Å². The van der Waals surface area contributed by atoms with Crippen molar-refractivity contribution in [2.24, 2.45) is 0 Å². The minimum absolute atomic E-state index is 0.0583. The SMILES string of the molecule is CN(CC(=O)NC1(C)CCS(=O)(=O)C1)C1CCNCC1. The molecule has 2 rings (SSSR count). The van der Waals surface area contributed by atoms with Crippen LogP contribution in [0.2, 0.25) is 0 Å². The van der Waals surface area contributed by atoms with Crippen molar-refractivity contribution >= 4 is 15.7 Å². The summed E-state index contributed by atoms with van der Waals surface area (Å²) < 4.78 is 23.1. The molecule has 1 amide bonds. The zero-order valence-corrected chi connectivity index (χ0v) is 13.1. The number of hydrogen-bond donors (Lipinski definition) is 2. The average Bonchev–Trinajstić information content (AvgIpc) is 2.64. The number of rotatable bonds is 4. The third-order valence-corrected chi connectivity index (χ3v) is 6.17. The highest BCUT2D eigenvalue weighted by Gasteiger charge is 2.39. The minimum Gasteiger partial charge on any atom is -0.349 e. The van der Waals surface area contributed by atoms with E-state index in [0.29, 0.717) is 19.0 Å². The molecule has 0 spiro atoms. The van der Waals surface area contributed by atoms with E-state index in [4.69, 9.17) is 0 Å². The van der Waals surface area contributed by atoms with Crippen molar-refractivity contribution in [2.75, 3.05) is 38.2 Å². The number of likely N-dealkylation sites (N-methyl/N-ethyl adjacent to an activating group) is 1. The predicted octanol–water partition coefficient (Wildman–Crippen LogP) is -0.636. The van der Waals surface area contributed by atoms with Crippen LogP contribution in [0.1, 0.15) is 26.2 Å². The molecule has 6 nitrogen and oxygen atoms in total. The van der Waals surface area contributed by atoms with Crippen LogP contribution >= 0.6 is 0 Å².